The molecule has 0 saturated carbocycles. The largest absolute Gasteiger partial charge is 1.00 e. The van der Waals surface area contributed by atoms with Gasteiger partial charge < -0.3 is 10.3 Å². The Labute approximate surface area is 102 Å². The summed E-state index contributed by atoms with van der Waals surface area (Å²) < 4.78 is 76.3. The molecule has 12 heteroatoms. The summed E-state index contributed by atoms with van der Waals surface area (Å²) in [5.41, 5.74) is -1.33. The minimum atomic E-state index is -5.84. The van der Waals surface area contributed by atoms with E-state index in [2.05, 4.69) is 5.73 Å². The standard InChI is InChI=1S/C4H4F3NO5S2.Li/c5-4(6,7)15(12,13)1-2(3(8)9)14(10)11;/h1H,(H2,8,9)(H,10,11);/q;+1/p-1. The zero-order valence-electron chi connectivity index (χ0n) is 7.65. The van der Waals surface area contributed by atoms with E-state index in [0.717, 1.165) is 0 Å². The molecule has 0 radical (unpaired) electrons. The third kappa shape index (κ3) is 4.66. The smallest absolute Gasteiger partial charge is 0.768 e. The first-order chi connectivity index (χ1) is 6.49. The first-order valence-electron chi connectivity index (χ1n) is 2.91. The van der Waals surface area contributed by atoms with Crippen molar-refractivity contribution >= 4 is 26.8 Å². The molecule has 0 rings (SSSR count). The molecule has 2 N–H and O–H groups in total. The Kier molecular flexibility index (Phi) is 6.57. The molecule has 0 aliphatic rings. The molecule has 16 heavy (non-hydrogen) atoms. The van der Waals surface area contributed by atoms with Crippen molar-refractivity contribution < 1.29 is 54.0 Å². The Morgan fingerprint density at radius 3 is 1.94 bits per heavy atom. The third-order valence-corrected chi connectivity index (χ3v) is 3.03. The summed E-state index contributed by atoms with van der Waals surface area (Å²) in [4.78, 5) is 8.61. The number of carbonyl (C=O) groups is 1. The van der Waals surface area contributed by atoms with E-state index in [0.29, 0.717) is 0 Å². The number of amides is 1. The number of sulfone groups is 1. The number of rotatable bonds is 3. The second-order valence-corrected chi connectivity index (χ2v) is 4.77. The van der Waals surface area contributed by atoms with Gasteiger partial charge in [-0.15, -0.1) is 0 Å². The number of primary amides is 1. The van der Waals surface area contributed by atoms with Crippen LogP contribution in [0.25, 0.3) is 0 Å². The summed E-state index contributed by atoms with van der Waals surface area (Å²) in [6.07, 6.45) is 0. The molecule has 1 amide bonds. The Hall–Kier alpha value is -0.343. The average molecular weight is 273 g/mol. The number of nitrogens with two attached hydrogens (primary N) is 1. The van der Waals surface area contributed by atoms with Crippen LogP contribution in [-0.4, -0.2) is 28.6 Å². The molecule has 0 bridgehead atoms. The fourth-order valence-electron chi connectivity index (χ4n) is 0.387. The van der Waals surface area contributed by atoms with E-state index < -0.39 is 42.6 Å². The van der Waals surface area contributed by atoms with E-state index in [9.17, 15) is 35.1 Å². The zero-order chi connectivity index (χ0) is 12.4. The van der Waals surface area contributed by atoms with Crippen LogP contribution in [0.4, 0.5) is 13.2 Å². The molecule has 0 spiro atoms. The van der Waals surface area contributed by atoms with Gasteiger partial charge in [-0.1, -0.05) is 0 Å². The summed E-state index contributed by atoms with van der Waals surface area (Å²) in [7, 11) is -5.84. The molecule has 1 atom stereocenters. The van der Waals surface area contributed by atoms with Crippen molar-refractivity contribution in [2.45, 2.75) is 5.51 Å². The second-order valence-electron chi connectivity index (χ2n) is 2.07. The number of hydrogen-bond donors (Lipinski definition) is 1. The maximum atomic E-state index is 11.7. The molecule has 0 aliphatic heterocycles. The van der Waals surface area contributed by atoms with E-state index in [-0.39, 0.29) is 18.9 Å². The maximum Gasteiger partial charge on any atom is 1.00 e. The monoisotopic (exact) mass is 273 g/mol. The second kappa shape index (κ2) is 5.83. The normalized spacial score (nSPS) is 15.1. The van der Waals surface area contributed by atoms with E-state index in [4.69, 9.17) is 0 Å². The van der Waals surface area contributed by atoms with Crippen molar-refractivity contribution in [3.63, 3.8) is 0 Å². The van der Waals surface area contributed by atoms with Gasteiger partial charge >= 0.3 is 24.4 Å². The van der Waals surface area contributed by atoms with Crippen molar-refractivity contribution in [3.8, 4) is 0 Å². The Morgan fingerprint density at radius 2 is 1.75 bits per heavy atom. The van der Waals surface area contributed by atoms with Crippen LogP contribution in [0, 0.1) is 0 Å². The van der Waals surface area contributed by atoms with E-state index >= 15 is 0 Å². The Balaban J connectivity index is 0. The van der Waals surface area contributed by atoms with Crippen LogP contribution >= 0.6 is 0 Å². The van der Waals surface area contributed by atoms with Crippen LogP contribution in [0.3, 0.4) is 0 Å². The van der Waals surface area contributed by atoms with Gasteiger partial charge in [0.25, 0.3) is 15.7 Å². The summed E-state index contributed by atoms with van der Waals surface area (Å²) in [6, 6.07) is 0. The van der Waals surface area contributed by atoms with Gasteiger partial charge in [-0.3, -0.25) is 9.00 Å². The topological polar surface area (TPSA) is 117 Å². The van der Waals surface area contributed by atoms with Crippen molar-refractivity contribution in [2.24, 2.45) is 5.73 Å². The molecule has 0 aromatic rings. The van der Waals surface area contributed by atoms with E-state index in [1.54, 1.807) is 0 Å². The van der Waals surface area contributed by atoms with Crippen molar-refractivity contribution in [2.75, 3.05) is 0 Å². The predicted octanol–water partition coefficient (Wildman–Crippen LogP) is -3.87. The van der Waals surface area contributed by atoms with Crippen LogP contribution in [0.2, 0.25) is 0 Å². The maximum absolute atomic E-state index is 11.7. The van der Waals surface area contributed by atoms with Gasteiger partial charge in [-0.05, 0) is 11.1 Å². The van der Waals surface area contributed by atoms with Crippen molar-refractivity contribution in [1.29, 1.82) is 0 Å². The quantitative estimate of drug-likeness (QED) is 0.321. The minimum Gasteiger partial charge on any atom is -0.768 e. The number of halogens is 3. The molecule has 88 valence electrons. The van der Waals surface area contributed by atoms with Gasteiger partial charge in [0, 0.05) is 0 Å². The van der Waals surface area contributed by atoms with Gasteiger partial charge in [0.15, 0.2) is 0 Å². The van der Waals surface area contributed by atoms with E-state index in [1.807, 2.05) is 0 Å². The number of alkyl halides is 3. The van der Waals surface area contributed by atoms with Crippen LogP contribution in [0.1, 0.15) is 0 Å². The fraction of sp³-hybridized carbons (Fsp3) is 0.250. The molecule has 0 heterocycles. The summed E-state index contributed by atoms with van der Waals surface area (Å²) >= 11 is -3.46. The molecule has 0 aromatic heterocycles. The van der Waals surface area contributed by atoms with Crippen molar-refractivity contribution in [3.05, 3.63) is 10.3 Å². The van der Waals surface area contributed by atoms with Crippen LogP contribution in [0.5, 0.6) is 0 Å². The molecule has 1 unspecified atom stereocenters. The SMILES string of the molecule is NC(=O)C(=CS(=O)(=O)C(F)(F)F)S(=O)[O-].[Li+]. The molecular weight excluding hydrogens is 270 g/mol. The summed E-state index contributed by atoms with van der Waals surface area (Å²) in [5.74, 6) is -1.80. The molecular formula is C4H3F3LiNO5S2. The zero-order valence-corrected chi connectivity index (χ0v) is 9.28. The van der Waals surface area contributed by atoms with Crippen LogP contribution in [-0.2, 0) is 25.7 Å². The van der Waals surface area contributed by atoms with Gasteiger partial charge in [0.05, 0.1) is 5.41 Å². The summed E-state index contributed by atoms with van der Waals surface area (Å²) in [6.45, 7) is 0. The first kappa shape index (κ1) is 18.0. The average Bonchev–Trinajstić information content (AvgIpc) is 1.96. The molecule has 0 aromatic carbocycles. The van der Waals surface area contributed by atoms with Gasteiger partial charge in [-0.25, -0.2) is 8.42 Å². The molecule has 0 fully saturated rings. The van der Waals surface area contributed by atoms with E-state index in [1.165, 1.54) is 0 Å². The molecule has 6 nitrogen and oxygen atoms in total. The summed E-state index contributed by atoms with van der Waals surface area (Å²) in [5, 5.41) is -0.738. The Bertz CT molecular complexity index is 411. The van der Waals surface area contributed by atoms with Gasteiger partial charge in [0.1, 0.15) is 4.91 Å². The predicted molar refractivity (Wildman–Crippen MR) is 41.2 cm³/mol. The fourth-order valence-corrected chi connectivity index (χ4v) is 1.78. The molecule has 0 aliphatic carbocycles. The van der Waals surface area contributed by atoms with Crippen molar-refractivity contribution in [1.82, 2.24) is 0 Å². The first-order valence-corrected chi connectivity index (χ1v) is 5.53. The Morgan fingerprint density at radius 1 is 1.38 bits per heavy atom. The van der Waals surface area contributed by atoms with Gasteiger partial charge in [0.2, 0.25) is 0 Å². The van der Waals surface area contributed by atoms with Crippen LogP contribution in [0.15, 0.2) is 10.3 Å². The number of hydrogen-bond acceptors (Lipinski definition) is 5. The molecule has 0 saturated heterocycles. The van der Waals surface area contributed by atoms with Crippen LogP contribution < -0.4 is 24.6 Å². The minimum absolute atomic E-state index is 0. The third-order valence-electron chi connectivity index (χ3n) is 1.01. The van der Waals surface area contributed by atoms with Gasteiger partial charge in [-0.2, -0.15) is 13.2 Å². The number of carbonyl (C=O) groups excluding carboxylic acids is 1.